The van der Waals surface area contributed by atoms with Crippen molar-refractivity contribution < 1.29 is 19.0 Å². The number of nitrogens with one attached hydrogen (secondary N) is 1. The van der Waals surface area contributed by atoms with Crippen molar-refractivity contribution in [2.45, 2.75) is 6.04 Å². The lowest BCUT2D eigenvalue weighted by Gasteiger charge is -2.35. The van der Waals surface area contributed by atoms with Gasteiger partial charge in [0.05, 0.1) is 33.5 Å². The molecule has 1 fully saturated rings. The van der Waals surface area contributed by atoms with Gasteiger partial charge in [0, 0.05) is 45.0 Å². The van der Waals surface area contributed by atoms with Gasteiger partial charge in [0.1, 0.15) is 0 Å². The molecule has 2 aromatic carbocycles. The summed E-state index contributed by atoms with van der Waals surface area (Å²) in [6, 6.07) is 13.8. The quantitative estimate of drug-likeness (QED) is 0.718. The van der Waals surface area contributed by atoms with E-state index < -0.39 is 0 Å². The Morgan fingerprint density at radius 2 is 1.73 bits per heavy atom. The maximum absolute atomic E-state index is 12.8. The summed E-state index contributed by atoms with van der Waals surface area (Å²) in [5.41, 5.74) is 2.86. The number of benzene rings is 2. The molecule has 1 amide bonds. The Morgan fingerprint density at radius 1 is 1.07 bits per heavy atom. The van der Waals surface area contributed by atoms with Crippen LogP contribution in [0.15, 0.2) is 42.5 Å². The van der Waals surface area contributed by atoms with Crippen molar-refractivity contribution in [1.29, 1.82) is 0 Å². The van der Waals surface area contributed by atoms with Gasteiger partial charge in [0.2, 0.25) is 0 Å². The molecule has 2 aromatic rings. The van der Waals surface area contributed by atoms with Gasteiger partial charge < -0.3 is 24.4 Å². The van der Waals surface area contributed by atoms with Crippen LogP contribution in [0.25, 0.3) is 0 Å². The van der Waals surface area contributed by atoms with E-state index in [2.05, 4.69) is 39.4 Å². The molecule has 7 heteroatoms. The lowest BCUT2D eigenvalue weighted by atomic mass is 10.0. The predicted octanol–water partition coefficient (Wildman–Crippen LogP) is 2.57. The Bertz CT molecular complexity index is 833. The Labute approximate surface area is 178 Å². The normalized spacial score (nSPS) is 15.3. The van der Waals surface area contributed by atoms with Gasteiger partial charge in [-0.15, -0.1) is 0 Å². The smallest absolute Gasteiger partial charge is 0.251 e. The van der Waals surface area contributed by atoms with Gasteiger partial charge in [-0.2, -0.15) is 0 Å². The molecular formula is C23H31N3O4. The van der Waals surface area contributed by atoms with Crippen LogP contribution in [0.5, 0.6) is 11.5 Å². The minimum Gasteiger partial charge on any atom is -0.493 e. The molecule has 1 heterocycles. The summed E-state index contributed by atoms with van der Waals surface area (Å²) >= 11 is 0. The van der Waals surface area contributed by atoms with Gasteiger partial charge in [-0.25, -0.2) is 0 Å². The van der Waals surface area contributed by atoms with E-state index in [0.717, 1.165) is 18.8 Å². The van der Waals surface area contributed by atoms with Crippen LogP contribution in [0.3, 0.4) is 0 Å². The highest BCUT2D eigenvalue weighted by Crippen LogP contribution is 2.28. The maximum Gasteiger partial charge on any atom is 0.251 e. The highest BCUT2D eigenvalue weighted by atomic mass is 16.5. The third-order valence-electron chi connectivity index (χ3n) is 5.38. The summed E-state index contributed by atoms with van der Waals surface area (Å²) in [6.45, 7) is 3.60. The fourth-order valence-electron chi connectivity index (χ4n) is 3.61. The summed E-state index contributed by atoms with van der Waals surface area (Å²) in [5, 5.41) is 3.09. The molecule has 0 bridgehead atoms. The average Bonchev–Trinajstić information content (AvgIpc) is 2.79. The second kappa shape index (κ2) is 10.3. The van der Waals surface area contributed by atoms with Crippen LogP contribution in [-0.4, -0.2) is 72.0 Å². The van der Waals surface area contributed by atoms with E-state index >= 15 is 0 Å². The van der Waals surface area contributed by atoms with Crippen LogP contribution in [0, 0.1) is 0 Å². The molecule has 1 aliphatic heterocycles. The van der Waals surface area contributed by atoms with Crippen molar-refractivity contribution in [3.8, 4) is 11.5 Å². The zero-order valence-corrected chi connectivity index (χ0v) is 18.2. The third-order valence-corrected chi connectivity index (χ3v) is 5.38. The number of ether oxygens (including phenoxy) is 3. The molecule has 7 nitrogen and oxygen atoms in total. The summed E-state index contributed by atoms with van der Waals surface area (Å²) in [6.07, 6.45) is 0. The van der Waals surface area contributed by atoms with Crippen molar-refractivity contribution in [1.82, 2.24) is 10.2 Å². The van der Waals surface area contributed by atoms with Crippen LogP contribution < -0.4 is 19.7 Å². The second-order valence-corrected chi connectivity index (χ2v) is 7.43. The van der Waals surface area contributed by atoms with Crippen molar-refractivity contribution >= 4 is 11.6 Å². The Balaban J connectivity index is 1.75. The van der Waals surface area contributed by atoms with Crippen LogP contribution in [0.4, 0.5) is 5.69 Å². The summed E-state index contributed by atoms with van der Waals surface area (Å²) < 4.78 is 16.1. The largest absolute Gasteiger partial charge is 0.493 e. The van der Waals surface area contributed by atoms with E-state index in [1.165, 1.54) is 5.56 Å². The molecule has 1 N–H and O–H groups in total. The number of nitrogens with zero attached hydrogens (tertiary/aromatic N) is 2. The summed E-state index contributed by atoms with van der Waals surface area (Å²) in [7, 11) is 7.19. The van der Waals surface area contributed by atoms with Crippen molar-refractivity contribution in [3.05, 3.63) is 53.6 Å². The molecule has 0 saturated carbocycles. The lowest BCUT2D eigenvalue weighted by molar-refractivity contribution is 0.0162. The first kappa shape index (κ1) is 21.9. The van der Waals surface area contributed by atoms with Gasteiger partial charge in [-0.05, 0) is 35.9 Å². The number of hydrogen-bond donors (Lipinski definition) is 1. The predicted molar refractivity (Wildman–Crippen MR) is 118 cm³/mol. The number of carbonyl (C=O) groups is 1. The van der Waals surface area contributed by atoms with E-state index in [1.54, 1.807) is 32.4 Å². The number of anilines is 1. The number of methoxy groups -OCH3 is 2. The molecule has 1 aliphatic rings. The molecule has 0 radical (unpaired) electrons. The van der Waals surface area contributed by atoms with Gasteiger partial charge in [-0.1, -0.05) is 12.1 Å². The monoisotopic (exact) mass is 413 g/mol. The molecule has 1 atom stereocenters. The summed E-state index contributed by atoms with van der Waals surface area (Å²) in [4.78, 5) is 17.3. The van der Waals surface area contributed by atoms with Crippen molar-refractivity contribution in [3.63, 3.8) is 0 Å². The molecule has 1 unspecified atom stereocenters. The minimum atomic E-state index is -0.140. The molecule has 0 aliphatic carbocycles. The standard InChI is InChI=1S/C23H31N3O4/c1-25(2)19-8-5-17(6-9-19)20(26-11-13-30-14-12-26)16-24-23(27)18-7-10-21(28-3)22(15-18)29-4/h5-10,15,20H,11-14,16H2,1-4H3,(H,24,27). The van der Waals surface area contributed by atoms with Crippen LogP contribution in [0.1, 0.15) is 22.0 Å². The Morgan fingerprint density at radius 3 is 2.33 bits per heavy atom. The van der Waals surface area contributed by atoms with E-state index in [9.17, 15) is 4.79 Å². The van der Waals surface area contributed by atoms with Crippen LogP contribution >= 0.6 is 0 Å². The number of morpholine rings is 1. The topological polar surface area (TPSA) is 63.3 Å². The molecule has 0 spiro atoms. The summed E-state index contributed by atoms with van der Waals surface area (Å²) in [5.74, 6) is 0.995. The molecule has 1 saturated heterocycles. The average molecular weight is 414 g/mol. The van der Waals surface area contributed by atoms with Gasteiger partial charge in [-0.3, -0.25) is 9.69 Å². The van der Waals surface area contributed by atoms with Crippen LogP contribution in [0.2, 0.25) is 0 Å². The molecular weight excluding hydrogens is 382 g/mol. The molecule has 0 aromatic heterocycles. The van der Waals surface area contributed by atoms with Gasteiger partial charge >= 0.3 is 0 Å². The van der Waals surface area contributed by atoms with Crippen molar-refractivity contribution in [2.24, 2.45) is 0 Å². The fourth-order valence-corrected chi connectivity index (χ4v) is 3.61. The lowest BCUT2D eigenvalue weighted by Crippen LogP contribution is -2.43. The van der Waals surface area contributed by atoms with Gasteiger partial charge in [0.25, 0.3) is 5.91 Å². The van der Waals surface area contributed by atoms with Crippen molar-refractivity contribution in [2.75, 3.05) is 66.1 Å². The maximum atomic E-state index is 12.8. The second-order valence-electron chi connectivity index (χ2n) is 7.43. The van der Waals surface area contributed by atoms with E-state index in [-0.39, 0.29) is 11.9 Å². The zero-order chi connectivity index (χ0) is 21.5. The van der Waals surface area contributed by atoms with Gasteiger partial charge in [0.15, 0.2) is 11.5 Å². The number of amides is 1. The first-order chi connectivity index (χ1) is 14.5. The fraction of sp³-hybridized carbons (Fsp3) is 0.435. The third kappa shape index (κ3) is 5.23. The van der Waals surface area contributed by atoms with E-state index in [4.69, 9.17) is 14.2 Å². The first-order valence-corrected chi connectivity index (χ1v) is 10.1. The van der Waals surface area contributed by atoms with E-state index in [0.29, 0.717) is 36.8 Å². The SMILES string of the molecule is COc1ccc(C(=O)NCC(c2ccc(N(C)C)cc2)N2CCOCC2)cc1OC. The number of carbonyl (C=O) groups excluding carboxylic acids is 1. The first-order valence-electron chi connectivity index (χ1n) is 10.1. The zero-order valence-electron chi connectivity index (χ0n) is 18.2. The molecule has 30 heavy (non-hydrogen) atoms. The minimum absolute atomic E-state index is 0.0780. The van der Waals surface area contributed by atoms with Crippen LogP contribution in [-0.2, 0) is 4.74 Å². The highest BCUT2D eigenvalue weighted by Gasteiger charge is 2.23. The highest BCUT2D eigenvalue weighted by molar-refractivity contribution is 5.94. The Hall–Kier alpha value is -2.77. The molecule has 162 valence electrons. The number of rotatable bonds is 8. The Kier molecular flexibility index (Phi) is 7.54. The van der Waals surface area contributed by atoms with E-state index in [1.807, 2.05) is 14.1 Å². The molecule has 3 rings (SSSR count). The number of hydrogen-bond acceptors (Lipinski definition) is 6.